The molecule has 0 aromatic carbocycles. The molecule has 1 unspecified atom stereocenters. The molecule has 1 aliphatic heterocycles. The first-order chi connectivity index (χ1) is 9.27. The van der Waals surface area contributed by atoms with Crippen LogP contribution in [0.15, 0.2) is 6.20 Å². The van der Waals surface area contributed by atoms with Gasteiger partial charge in [-0.05, 0) is 18.8 Å². The second-order valence-electron chi connectivity index (χ2n) is 5.15. The highest BCUT2D eigenvalue weighted by Crippen LogP contribution is 2.21. The number of nitrogens with zero attached hydrogens (tertiary/aromatic N) is 3. The molecule has 0 spiro atoms. The van der Waals surface area contributed by atoms with Crippen molar-refractivity contribution < 1.29 is 13.2 Å². The summed E-state index contributed by atoms with van der Waals surface area (Å²) in [5.41, 5.74) is 11.1. The number of carbonyl (C=O) groups is 1. The van der Waals surface area contributed by atoms with Crippen molar-refractivity contribution in [3.63, 3.8) is 0 Å². The zero-order valence-corrected chi connectivity index (χ0v) is 12.1. The van der Waals surface area contributed by atoms with Crippen LogP contribution in [0.25, 0.3) is 0 Å². The third kappa shape index (κ3) is 3.28. The Labute approximate surface area is 117 Å². The van der Waals surface area contributed by atoms with E-state index in [0.717, 1.165) is 12.8 Å². The SMILES string of the molecule is CS(=O)(=O)N1CCCC(Cn2cc(N)c(C(N)=O)n2)C1. The highest BCUT2D eigenvalue weighted by atomic mass is 32.2. The lowest BCUT2D eigenvalue weighted by Gasteiger charge is -2.30. The predicted octanol–water partition coefficient (Wildman–Crippen LogP) is -0.764. The monoisotopic (exact) mass is 301 g/mol. The van der Waals surface area contributed by atoms with Crippen LogP contribution in [0.3, 0.4) is 0 Å². The van der Waals surface area contributed by atoms with Crippen molar-refractivity contribution >= 4 is 21.6 Å². The van der Waals surface area contributed by atoms with Gasteiger partial charge < -0.3 is 11.5 Å². The fourth-order valence-electron chi connectivity index (χ4n) is 2.46. The number of hydrogen-bond acceptors (Lipinski definition) is 5. The highest BCUT2D eigenvalue weighted by molar-refractivity contribution is 7.88. The maximum atomic E-state index is 11.6. The lowest BCUT2D eigenvalue weighted by molar-refractivity contribution is 0.0995. The van der Waals surface area contributed by atoms with Gasteiger partial charge in [0.1, 0.15) is 0 Å². The Hall–Kier alpha value is -1.61. The van der Waals surface area contributed by atoms with Gasteiger partial charge in [0.2, 0.25) is 10.0 Å². The van der Waals surface area contributed by atoms with Gasteiger partial charge >= 0.3 is 0 Å². The Morgan fingerprint density at radius 1 is 1.55 bits per heavy atom. The maximum absolute atomic E-state index is 11.6. The number of anilines is 1. The molecule has 1 aliphatic rings. The van der Waals surface area contributed by atoms with Gasteiger partial charge in [-0.1, -0.05) is 0 Å². The van der Waals surface area contributed by atoms with E-state index in [4.69, 9.17) is 11.5 Å². The summed E-state index contributed by atoms with van der Waals surface area (Å²) in [6.45, 7) is 1.54. The van der Waals surface area contributed by atoms with Gasteiger partial charge in [0.05, 0.1) is 11.9 Å². The zero-order chi connectivity index (χ0) is 14.9. The van der Waals surface area contributed by atoms with Crippen molar-refractivity contribution in [3.05, 3.63) is 11.9 Å². The molecule has 112 valence electrons. The molecule has 2 heterocycles. The van der Waals surface area contributed by atoms with Gasteiger partial charge in [-0.3, -0.25) is 9.48 Å². The van der Waals surface area contributed by atoms with Crippen LogP contribution in [0.5, 0.6) is 0 Å². The summed E-state index contributed by atoms with van der Waals surface area (Å²) in [5, 5.41) is 4.04. The van der Waals surface area contributed by atoms with Crippen LogP contribution in [-0.4, -0.2) is 47.8 Å². The number of sulfonamides is 1. The van der Waals surface area contributed by atoms with Crippen molar-refractivity contribution in [2.24, 2.45) is 11.7 Å². The summed E-state index contributed by atoms with van der Waals surface area (Å²) < 4.78 is 26.1. The number of aromatic nitrogens is 2. The molecule has 0 radical (unpaired) electrons. The zero-order valence-electron chi connectivity index (χ0n) is 11.3. The predicted molar refractivity (Wildman–Crippen MR) is 74.3 cm³/mol. The van der Waals surface area contributed by atoms with E-state index in [1.54, 1.807) is 10.9 Å². The van der Waals surface area contributed by atoms with Crippen molar-refractivity contribution in [2.75, 3.05) is 25.1 Å². The van der Waals surface area contributed by atoms with E-state index in [0.29, 0.717) is 19.6 Å². The van der Waals surface area contributed by atoms with E-state index >= 15 is 0 Å². The highest BCUT2D eigenvalue weighted by Gasteiger charge is 2.26. The lowest BCUT2D eigenvalue weighted by Crippen LogP contribution is -2.40. The normalized spacial score (nSPS) is 20.9. The molecular weight excluding hydrogens is 282 g/mol. The molecule has 20 heavy (non-hydrogen) atoms. The van der Waals surface area contributed by atoms with Crippen molar-refractivity contribution in [3.8, 4) is 0 Å². The van der Waals surface area contributed by atoms with Gasteiger partial charge in [-0.15, -0.1) is 0 Å². The summed E-state index contributed by atoms with van der Waals surface area (Å²) in [5.74, 6) is -0.513. The average Bonchev–Trinajstić information content (AvgIpc) is 2.69. The molecule has 9 heteroatoms. The Balaban J connectivity index is 2.06. The van der Waals surface area contributed by atoms with Crippen molar-refractivity contribution in [1.82, 2.24) is 14.1 Å². The molecule has 4 N–H and O–H groups in total. The van der Waals surface area contributed by atoms with Crippen LogP contribution in [-0.2, 0) is 16.6 Å². The van der Waals surface area contributed by atoms with E-state index < -0.39 is 15.9 Å². The molecule has 1 fully saturated rings. The smallest absolute Gasteiger partial charge is 0.271 e. The summed E-state index contributed by atoms with van der Waals surface area (Å²) in [6.07, 6.45) is 4.50. The van der Waals surface area contributed by atoms with Gasteiger partial charge in [-0.25, -0.2) is 12.7 Å². The number of nitrogen functional groups attached to an aromatic ring is 1. The van der Waals surface area contributed by atoms with Crippen LogP contribution in [0.1, 0.15) is 23.3 Å². The maximum Gasteiger partial charge on any atom is 0.271 e. The summed E-state index contributed by atoms with van der Waals surface area (Å²) >= 11 is 0. The second-order valence-corrected chi connectivity index (χ2v) is 7.13. The number of piperidine rings is 1. The quantitative estimate of drug-likeness (QED) is 0.756. The Bertz CT molecular complexity index is 610. The minimum atomic E-state index is -3.16. The molecular formula is C11H19N5O3S. The third-order valence-electron chi connectivity index (χ3n) is 3.42. The molecule has 1 aromatic heterocycles. The number of nitrogens with two attached hydrogens (primary N) is 2. The first-order valence-electron chi connectivity index (χ1n) is 6.35. The summed E-state index contributed by atoms with van der Waals surface area (Å²) in [4.78, 5) is 11.1. The molecule has 0 saturated carbocycles. The van der Waals surface area contributed by atoms with Gasteiger partial charge in [0.15, 0.2) is 5.69 Å². The molecule has 1 saturated heterocycles. The van der Waals surface area contributed by atoms with Crippen LogP contribution in [0, 0.1) is 5.92 Å². The molecule has 2 rings (SSSR count). The number of hydrogen-bond donors (Lipinski definition) is 2. The minimum Gasteiger partial charge on any atom is -0.396 e. The number of carbonyl (C=O) groups excluding carboxylic acids is 1. The summed E-state index contributed by atoms with van der Waals surface area (Å²) in [7, 11) is -3.16. The second kappa shape index (κ2) is 5.41. The van der Waals surface area contributed by atoms with Crippen molar-refractivity contribution in [1.29, 1.82) is 0 Å². The lowest BCUT2D eigenvalue weighted by atomic mass is 10.00. The fourth-order valence-corrected chi connectivity index (χ4v) is 3.41. The number of primary amides is 1. The topological polar surface area (TPSA) is 124 Å². The largest absolute Gasteiger partial charge is 0.396 e. The molecule has 1 aromatic rings. The van der Waals surface area contributed by atoms with E-state index in [9.17, 15) is 13.2 Å². The fraction of sp³-hybridized carbons (Fsp3) is 0.636. The van der Waals surface area contributed by atoms with Gasteiger partial charge in [0.25, 0.3) is 5.91 Å². The van der Waals surface area contributed by atoms with Gasteiger partial charge in [0, 0.05) is 25.8 Å². The van der Waals surface area contributed by atoms with E-state index in [1.165, 1.54) is 10.6 Å². The molecule has 1 amide bonds. The van der Waals surface area contributed by atoms with E-state index in [2.05, 4.69) is 5.10 Å². The number of amides is 1. The first-order valence-corrected chi connectivity index (χ1v) is 8.20. The third-order valence-corrected chi connectivity index (χ3v) is 4.69. The Morgan fingerprint density at radius 3 is 2.80 bits per heavy atom. The first kappa shape index (κ1) is 14.8. The summed E-state index contributed by atoms with van der Waals surface area (Å²) in [6, 6.07) is 0. The van der Waals surface area contributed by atoms with E-state index in [-0.39, 0.29) is 17.3 Å². The van der Waals surface area contributed by atoms with Gasteiger partial charge in [-0.2, -0.15) is 5.10 Å². The van der Waals surface area contributed by atoms with Crippen LogP contribution in [0.2, 0.25) is 0 Å². The Morgan fingerprint density at radius 2 is 2.25 bits per heavy atom. The molecule has 0 aliphatic carbocycles. The molecule has 8 nitrogen and oxygen atoms in total. The minimum absolute atomic E-state index is 0.0563. The molecule has 0 bridgehead atoms. The molecule has 1 atom stereocenters. The van der Waals surface area contributed by atoms with E-state index in [1.807, 2.05) is 0 Å². The Kier molecular flexibility index (Phi) is 4.00. The van der Waals surface area contributed by atoms with Crippen LogP contribution >= 0.6 is 0 Å². The van der Waals surface area contributed by atoms with Crippen LogP contribution in [0.4, 0.5) is 5.69 Å². The van der Waals surface area contributed by atoms with Crippen molar-refractivity contribution in [2.45, 2.75) is 19.4 Å². The van der Waals surface area contributed by atoms with Crippen LogP contribution < -0.4 is 11.5 Å². The average molecular weight is 301 g/mol. The standard InChI is InChI=1S/C11H19N5O3S/c1-20(18,19)16-4-2-3-8(6-16)5-15-7-9(12)10(14-15)11(13)17/h7-8H,2-6,12H2,1H3,(H2,13,17). The number of rotatable bonds is 4.